The molecule has 1 saturated heterocycles. The lowest BCUT2D eigenvalue weighted by molar-refractivity contribution is 0.182. The normalized spacial score (nSPS) is 15.0. The average Bonchev–Trinajstić information content (AvgIpc) is 2.64. The standard InChI is InChI=1S/C20H23FN2O2/c1-25-19-5-3-2-4-18(19)22-20(24)23-12-10-16(11-13-23)14-15-6-8-17(21)9-7-15/h2-9,16H,10-14H2,1H3,(H,22,24). The van der Waals surface area contributed by atoms with Crippen LogP contribution in [0.25, 0.3) is 0 Å². The minimum atomic E-state index is -0.202. The van der Waals surface area contributed by atoms with Crippen LogP contribution in [0.1, 0.15) is 18.4 Å². The maximum Gasteiger partial charge on any atom is 0.321 e. The number of likely N-dealkylation sites (tertiary alicyclic amines) is 1. The molecule has 0 radical (unpaired) electrons. The third-order valence-corrected chi connectivity index (χ3v) is 4.69. The molecule has 1 fully saturated rings. The van der Waals surface area contributed by atoms with Gasteiger partial charge in [0.15, 0.2) is 0 Å². The number of nitrogens with zero attached hydrogens (tertiary/aromatic N) is 1. The minimum Gasteiger partial charge on any atom is -0.495 e. The van der Waals surface area contributed by atoms with E-state index in [2.05, 4.69) is 5.32 Å². The molecule has 1 aliphatic heterocycles. The van der Waals surface area contributed by atoms with Crippen LogP contribution >= 0.6 is 0 Å². The van der Waals surface area contributed by atoms with Crippen LogP contribution in [-0.2, 0) is 6.42 Å². The van der Waals surface area contributed by atoms with Crippen LogP contribution in [0.2, 0.25) is 0 Å². The molecule has 4 nitrogen and oxygen atoms in total. The zero-order chi connectivity index (χ0) is 17.6. The lowest BCUT2D eigenvalue weighted by Crippen LogP contribution is -2.41. The number of hydrogen-bond acceptors (Lipinski definition) is 2. The minimum absolute atomic E-state index is 0.0928. The van der Waals surface area contributed by atoms with E-state index in [0.717, 1.165) is 37.9 Å². The van der Waals surface area contributed by atoms with Crippen molar-refractivity contribution in [1.29, 1.82) is 0 Å². The maximum absolute atomic E-state index is 13.0. The Kier molecular flexibility index (Phi) is 5.53. The first-order chi connectivity index (χ1) is 12.2. The van der Waals surface area contributed by atoms with Gasteiger partial charge in [0.1, 0.15) is 11.6 Å². The number of para-hydroxylation sites is 2. The summed E-state index contributed by atoms with van der Waals surface area (Å²) in [5, 5.41) is 2.92. The van der Waals surface area contributed by atoms with Crippen molar-refractivity contribution in [3.8, 4) is 5.75 Å². The van der Waals surface area contributed by atoms with Crippen LogP contribution in [0.4, 0.5) is 14.9 Å². The second-order valence-electron chi connectivity index (χ2n) is 6.39. The lowest BCUT2D eigenvalue weighted by atomic mass is 9.90. The number of urea groups is 1. The smallest absolute Gasteiger partial charge is 0.321 e. The highest BCUT2D eigenvalue weighted by Gasteiger charge is 2.23. The number of nitrogens with one attached hydrogen (secondary N) is 1. The fraction of sp³-hybridized carbons (Fsp3) is 0.350. The summed E-state index contributed by atoms with van der Waals surface area (Å²) >= 11 is 0. The number of carbonyl (C=O) groups excluding carboxylic acids is 1. The van der Waals surface area contributed by atoms with Gasteiger partial charge in [-0.05, 0) is 55.0 Å². The summed E-state index contributed by atoms with van der Waals surface area (Å²) in [5.41, 5.74) is 1.83. The summed E-state index contributed by atoms with van der Waals surface area (Å²) in [6.45, 7) is 1.46. The van der Waals surface area contributed by atoms with Crippen molar-refractivity contribution >= 4 is 11.7 Å². The molecule has 0 saturated carbocycles. The molecule has 2 amide bonds. The molecule has 1 N–H and O–H groups in total. The predicted molar refractivity (Wildman–Crippen MR) is 96.4 cm³/mol. The number of hydrogen-bond donors (Lipinski definition) is 1. The van der Waals surface area contributed by atoms with E-state index in [-0.39, 0.29) is 11.8 Å². The van der Waals surface area contributed by atoms with Crippen molar-refractivity contribution in [3.63, 3.8) is 0 Å². The van der Waals surface area contributed by atoms with Crippen molar-refractivity contribution in [3.05, 3.63) is 59.9 Å². The Hall–Kier alpha value is -2.56. The van der Waals surface area contributed by atoms with Crippen LogP contribution in [0.5, 0.6) is 5.75 Å². The van der Waals surface area contributed by atoms with Crippen molar-refractivity contribution in [2.24, 2.45) is 5.92 Å². The van der Waals surface area contributed by atoms with E-state index in [4.69, 9.17) is 4.74 Å². The van der Waals surface area contributed by atoms with E-state index >= 15 is 0 Å². The van der Waals surface area contributed by atoms with E-state index in [0.29, 0.717) is 17.4 Å². The van der Waals surface area contributed by atoms with Gasteiger partial charge < -0.3 is 15.0 Å². The summed E-state index contributed by atoms with van der Waals surface area (Å²) in [4.78, 5) is 14.3. The topological polar surface area (TPSA) is 41.6 Å². The zero-order valence-electron chi connectivity index (χ0n) is 14.4. The van der Waals surface area contributed by atoms with E-state index in [1.54, 1.807) is 7.11 Å². The first kappa shape index (κ1) is 17.3. The molecule has 0 atom stereocenters. The number of ether oxygens (including phenoxy) is 1. The summed E-state index contributed by atoms with van der Waals surface area (Å²) in [6, 6.07) is 14.0. The van der Waals surface area contributed by atoms with Crippen molar-refractivity contribution in [2.75, 3.05) is 25.5 Å². The molecule has 2 aromatic carbocycles. The molecule has 1 aliphatic rings. The number of anilines is 1. The third kappa shape index (κ3) is 4.50. The van der Waals surface area contributed by atoms with E-state index in [9.17, 15) is 9.18 Å². The van der Waals surface area contributed by atoms with Crippen LogP contribution in [0, 0.1) is 11.7 Å². The largest absolute Gasteiger partial charge is 0.495 e. The van der Waals surface area contributed by atoms with Crippen LogP contribution in [0.3, 0.4) is 0 Å². The Morgan fingerprint density at radius 1 is 1.16 bits per heavy atom. The van der Waals surface area contributed by atoms with Crippen LogP contribution < -0.4 is 10.1 Å². The van der Waals surface area contributed by atoms with Gasteiger partial charge in [0.2, 0.25) is 0 Å². The Morgan fingerprint density at radius 3 is 2.52 bits per heavy atom. The number of methoxy groups -OCH3 is 1. The Morgan fingerprint density at radius 2 is 1.84 bits per heavy atom. The first-order valence-electron chi connectivity index (χ1n) is 8.59. The van der Waals surface area contributed by atoms with E-state index in [1.165, 1.54) is 12.1 Å². The number of piperidine rings is 1. The molecular formula is C20H23FN2O2. The van der Waals surface area contributed by atoms with Gasteiger partial charge in [-0.25, -0.2) is 9.18 Å². The lowest BCUT2D eigenvalue weighted by Gasteiger charge is -2.32. The quantitative estimate of drug-likeness (QED) is 0.899. The van der Waals surface area contributed by atoms with Gasteiger partial charge in [-0.15, -0.1) is 0 Å². The monoisotopic (exact) mass is 342 g/mol. The molecule has 0 bridgehead atoms. The summed E-state index contributed by atoms with van der Waals surface area (Å²) in [7, 11) is 1.59. The molecule has 3 rings (SSSR count). The van der Waals surface area contributed by atoms with Crippen LogP contribution in [0.15, 0.2) is 48.5 Å². The van der Waals surface area contributed by atoms with Gasteiger partial charge in [-0.2, -0.15) is 0 Å². The molecule has 25 heavy (non-hydrogen) atoms. The number of halogens is 1. The van der Waals surface area contributed by atoms with Crippen molar-refractivity contribution in [1.82, 2.24) is 4.90 Å². The molecule has 5 heteroatoms. The summed E-state index contributed by atoms with van der Waals surface area (Å²) in [6.07, 6.45) is 2.84. The molecule has 0 spiro atoms. The molecule has 132 valence electrons. The summed E-state index contributed by atoms with van der Waals surface area (Å²) < 4.78 is 18.2. The highest BCUT2D eigenvalue weighted by atomic mass is 19.1. The molecule has 2 aromatic rings. The van der Waals surface area contributed by atoms with E-state index in [1.807, 2.05) is 41.3 Å². The van der Waals surface area contributed by atoms with E-state index < -0.39 is 0 Å². The van der Waals surface area contributed by atoms with Crippen molar-refractivity contribution in [2.45, 2.75) is 19.3 Å². The molecular weight excluding hydrogens is 319 g/mol. The highest BCUT2D eigenvalue weighted by molar-refractivity contribution is 5.91. The van der Waals surface area contributed by atoms with Crippen LogP contribution in [-0.4, -0.2) is 31.1 Å². The molecule has 0 aromatic heterocycles. The zero-order valence-corrected chi connectivity index (χ0v) is 14.4. The third-order valence-electron chi connectivity index (χ3n) is 4.69. The highest BCUT2D eigenvalue weighted by Crippen LogP contribution is 2.25. The molecule has 0 aliphatic carbocycles. The molecule has 1 heterocycles. The van der Waals surface area contributed by atoms with Gasteiger partial charge in [-0.1, -0.05) is 24.3 Å². The second-order valence-corrected chi connectivity index (χ2v) is 6.39. The fourth-order valence-corrected chi connectivity index (χ4v) is 3.24. The Balaban J connectivity index is 1.51. The second kappa shape index (κ2) is 8.01. The number of benzene rings is 2. The van der Waals surface area contributed by atoms with Gasteiger partial charge >= 0.3 is 6.03 Å². The van der Waals surface area contributed by atoms with Gasteiger partial charge in [-0.3, -0.25) is 0 Å². The SMILES string of the molecule is COc1ccccc1NC(=O)N1CCC(Cc2ccc(F)cc2)CC1. The predicted octanol–water partition coefficient (Wildman–Crippen LogP) is 4.32. The number of carbonyl (C=O) groups is 1. The number of amides is 2. The maximum atomic E-state index is 13.0. The van der Waals surface area contributed by atoms with Gasteiger partial charge in [0, 0.05) is 13.1 Å². The Bertz CT molecular complexity index is 710. The van der Waals surface area contributed by atoms with Crippen molar-refractivity contribution < 1.29 is 13.9 Å². The average molecular weight is 342 g/mol. The van der Waals surface area contributed by atoms with Gasteiger partial charge in [0.25, 0.3) is 0 Å². The molecule has 0 unspecified atom stereocenters. The summed E-state index contributed by atoms with van der Waals surface area (Å²) in [5.74, 6) is 0.981. The Labute approximate surface area is 147 Å². The first-order valence-corrected chi connectivity index (χ1v) is 8.59. The fourth-order valence-electron chi connectivity index (χ4n) is 3.24. The van der Waals surface area contributed by atoms with Gasteiger partial charge in [0.05, 0.1) is 12.8 Å². The number of rotatable bonds is 4.